The van der Waals surface area contributed by atoms with Crippen LogP contribution in [0.3, 0.4) is 0 Å². The molecular formula is C11H15ClFN. The number of rotatable bonds is 3. The topological polar surface area (TPSA) is 12.0 Å². The van der Waals surface area contributed by atoms with Crippen molar-refractivity contribution < 1.29 is 4.39 Å². The second kappa shape index (κ2) is 5.32. The van der Waals surface area contributed by atoms with Gasteiger partial charge in [-0.2, -0.15) is 0 Å². The van der Waals surface area contributed by atoms with E-state index in [-0.39, 0.29) is 18.2 Å². The van der Waals surface area contributed by atoms with Crippen molar-refractivity contribution in [1.82, 2.24) is 5.32 Å². The van der Waals surface area contributed by atoms with Gasteiger partial charge < -0.3 is 5.32 Å². The maximum absolute atomic E-state index is 12.5. The smallest absolute Gasteiger partial charge is 0.123 e. The van der Waals surface area contributed by atoms with Gasteiger partial charge in [-0.3, -0.25) is 0 Å². The van der Waals surface area contributed by atoms with Gasteiger partial charge >= 0.3 is 0 Å². The normalized spacial score (nSPS) is 15.8. The van der Waals surface area contributed by atoms with Gasteiger partial charge in [0.1, 0.15) is 5.82 Å². The van der Waals surface area contributed by atoms with E-state index in [1.807, 2.05) is 12.1 Å². The lowest BCUT2D eigenvalue weighted by Crippen LogP contribution is -2.34. The van der Waals surface area contributed by atoms with Crippen molar-refractivity contribution in [2.24, 2.45) is 0 Å². The molecule has 0 unspecified atom stereocenters. The SMILES string of the molecule is Cl.Fc1ccc(CNC2CCC2)cc1. The van der Waals surface area contributed by atoms with E-state index in [2.05, 4.69) is 5.32 Å². The summed E-state index contributed by atoms with van der Waals surface area (Å²) in [7, 11) is 0. The Bertz CT molecular complexity index is 269. The lowest BCUT2D eigenvalue weighted by atomic mass is 9.93. The summed E-state index contributed by atoms with van der Waals surface area (Å²) in [4.78, 5) is 0. The molecule has 1 aliphatic rings. The van der Waals surface area contributed by atoms with E-state index in [9.17, 15) is 4.39 Å². The molecule has 0 spiro atoms. The predicted molar refractivity (Wildman–Crippen MR) is 58.1 cm³/mol. The van der Waals surface area contributed by atoms with Gasteiger partial charge in [0.25, 0.3) is 0 Å². The van der Waals surface area contributed by atoms with E-state index in [0.717, 1.165) is 12.1 Å². The molecule has 1 aliphatic carbocycles. The van der Waals surface area contributed by atoms with E-state index in [1.54, 1.807) is 0 Å². The first-order valence-electron chi connectivity index (χ1n) is 4.82. The van der Waals surface area contributed by atoms with Crippen LogP contribution in [0.2, 0.25) is 0 Å². The van der Waals surface area contributed by atoms with Crippen LogP contribution in [0.1, 0.15) is 24.8 Å². The van der Waals surface area contributed by atoms with E-state index >= 15 is 0 Å². The van der Waals surface area contributed by atoms with Crippen molar-refractivity contribution in [3.8, 4) is 0 Å². The maximum atomic E-state index is 12.5. The molecule has 0 amide bonds. The fraction of sp³-hybridized carbons (Fsp3) is 0.455. The van der Waals surface area contributed by atoms with Gasteiger partial charge in [0.2, 0.25) is 0 Å². The third-order valence-electron chi connectivity index (χ3n) is 2.61. The van der Waals surface area contributed by atoms with Crippen molar-refractivity contribution in [3.63, 3.8) is 0 Å². The molecule has 0 saturated heterocycles. The molecule has 14 heavy (non-hydrogen) atoms. The molecule has 0 heterocycles. The van der Waals surface area contributed by atoms with Crippen molar-refractivity contribution in [1.29, 1.82) is 0 Å². The molecule has 0 aliphatic heterocycles. The summed E-state index contributed by atoms with van der Waals surface area (Å²) in [6.07, 6.45) is 3.93. The van der Waals surface area contributed by atoms with Crippen LogP contribution >= 0.6 is 12.4 Å². The zero-order chi connectivity index (χ0) is 9.10. The van der Waals surface area contributed by atoms with Crippen LogP contribution in [0.4, 0.5) is 4.39 Å². The van der Waals surface area contributed by atoms with Crippen molar-refractivity contribution >= 4 is 12.4 Å². The molecule has 0 bridgehead atoms. The average Bonchev–Trinajstić information content (AvgIpc) is 2.05. The summed E-state index contributed by atoms with van der Waals surface area (Å²) in [5, 5.41) is 3.43. The summed E-state index contributed by atoms with van der Waals surface area (Å²) in [5.74, 6) is -0.160. The fourth-order valence-corrected chi connectivity index (χ4v) is 1.48. The average molecular weight is 216 g/mol. The second-order valence-corrected chi connectivity index (χ2v) is 3.64. The largest absolute Gasteiger partial charge is 0.310 e. The van der Waals surface area contributed by atoms with Crippen LogP contribution in [-0.2, 0) is 6.54 Å². The Morgan fingerprint density at radius 2 is 1.86 bits per heavy atom. The third kappa shape index (κ3) is 2.96. The van der Waals surface area contributed by atoms with Gasteiger partial charge in [0.05, 0.1) is 0 Å². The highest BCUT2D eigenvalue weighted by molar-refractivity contribution is 5.85. The van der Waals surface area contributed by atoms with Gasteiger partial charge in [-0.1, -0.05) is 18.6 Å². The summed E-state index contributed by atoms with van der Waals surface area (Å²) in [6, 6.07) is 7.39. The first-order valence-corrected chi connectivity index (χ1v) is 4.82. The van der Waals surface area contributed by atoms with Crippen molar-refractivity contribution in [3.05, 3.63) is 35.6 Å². The molecule has 1 nitrogen and oxygen atoms in total. The summed E-state index contributed by atoms with van der Waals surface area (Å²) in [6.45, 7) is 0.866. The number of hydrogen-bond acceptors (Lipinski definition) is 1. The summed E-state index contributed by atoms with van der Waals surface area (Å²) >= 11 is 0. The molecule has 1 aromatic rings. The summed E-state index contributed by atoms with van der Waals surface area (Å²) < 4.78 is 12.5. The van der Waals surface area contributed by atoms with Gasteiger partial charge in [0.15, 0.2) is 0 Å². The van der Waals surface area contributed by atoms with Gasteiger partial charge in [0, 0.05) is 12.6 Å². The summed E-state index contributed by atoms with van der Waals surface area (Å²) in [5.41, 5.74) is 1.16. The highest BCUT2D eigenvalue weighted by Gasteiger charge is 2.15. The Hall–Kier alpha value is -0.600. The number of hydrogen-bond donors (Lipinski definition) is 1. The quantitative estimate of drug-likeness (QED) is 0.818. The standard InChI is InChI=1S/C11H14FN.ClH/c12-10-6-4-9(5-7-10)8-13-11-2-1-3-11;/h4-7,11,13H,1-3,8H2;1H. The zero-order valence-corrected chi connectivity index (χ0v) is 8.82. The number of halogens is 2. The Morgan fingerprint density at radius 3 is 2.36 bits per heavy atom. The lowest BCUT2D eigenvalue weighted by molar-refractivity contribution is 0.338. The van der Waals surface area contributed by atoms with Gasteiger partial charge in [-0.15, -0.1) is 12.4 Å². The van der Waals surface area contributed by atoms with E-state index in [0.29, 0.717) is 6.04 Å². The Morgan fingerprint density at radius 1 is 1.21 bits per heavy atom. The Balaban J connectivity index is 0.000000980. The van der Waals surface area contributed by atoms with E-state index in [1.165, 1.54) is 31.4 Å². The molecule has 2 rings (SSSR count). The maximum Gasteiger partial charge on any atom is 0.123 e. The highest BCUT2D eigenvalue weighted by atomic mass is 35.5. The van der Waals surface area contributed by atoms with Gasteiger partial charge in [-0.05, 0) is 30.5 Å². The minimum Gasteiger partial charge on any atom is -0.310 e. The second-order valence-electron chi connectivity index (χ2n) is 3.64. The molecule has 1 fully saturated rings. The number of benzene rings is 1. The van der Waals surface area contributed by atoms with E-state index in [4.69, 9.17) is 0 Å². The molecular weight excluding hydrogens is 201 g/mol. The molecule has 1 saturated carbocycles. The predicted octanol–water partition coefficient (Wildman–Crippen LogP) is 2.89. The fourth-order valence-electron chi connectivity index (χ4n) is 1.48. The molecule has 3 heteroatoms. The van der Waals surface area contributed by atoms with Crippen LogP contribution < -0.4 is 5.32 Å². The van der Waals surface area contributed by atoms with Crippen LogP contribution in [-0.4, -0.2) is 6.04 Å². The first kappa shape index (κ1) is 11.5. The highest BCUT2D eigenvalue weighted by Crippen LogP contribution is 2.18. The number of nitrogens with one attached hydrogen (secondary N) is 1. The molecule has 0 aromatic heterocycles. The van der Waals surface area contributed by atoms with Crippen LogP contribution in [0.15, 0.2) is 24.3 Å². The Kier molecular flexibility index (Phi) is 4.36. The molecule has 1 N–H and O–H groups in total. The van der Waals surface area contributed by atoms with Crippen LogP contribution in [0, 0.1) is 5.82 Å². The first-order chi connectivity index (χ1) is 6.34. The minimum absolute atomic E-state index is 0. The zero-order valence-electron chi connectivity index (χ0n) is 8.00. The lowest BCUT2D eigenvalue weighted by Gasteiger charge is -2.26. The third-order valence-corrected chi connectivity index (χ3v) is 2.61. The van der Waals surface area contributed by atoms with E-state index < -0.39 is 0 Å². The van der Waals surface area contributed by atoms with Crippen LogP contribution in [0.5, 0.6) is 0 Å². The monoisotopic (exact) mass is 215 g/mol. The van der Waals surface area contributed by atoms with Crippen LogP contribution in [0.25, 0.3) is 0 Å². The molecule has 0 atom stereocenters. The molecule has 0 radical (unpaired) electrons. The van der Waals surface area contributed by atoms with Crippen molar-refractivity contribution in [2.45, 2.75) is 31.8 Å². The molecule has 78 valence electrons. The van der Waals surface area contributed by atoms with Crippen molar-refractivity contribution in [2.75, 3.05) is 0 Å². The molecule has 1 aromatic carbocycles. The van der Waals surface area contributed by atoms with Gasteiger partial charge in [-0.25, -0.2) is 4.39 Å². The minimum atomic E-state index is -0.160. The Labute approximate surface area is 90.1 Å².